The van der Waals surface area contributed by atoms with E-state index in [2.05, 4.69) is 24.1 Å². The summed E-state index contributed by atoms with van der Waals surface area (Å²) in [7, 11) is 0.210. The van der Waals surface area contributed by atoms with Gasteiger partial charge in [-0.25, -0.2) is 13.6 Å². The van der Waals surface area contributed by atoms with E-state index in [4.69, 9.17) is 10.9 Å². The Labute approximate surface area is 127 Å². The van der Waals surface area contributed by atoms with Crippen molar-refractivity contribution >= 4 is 21.4 Å². The summed E-state index contributed by atoms with van der Waals surface area (Å²) in [6.45, 7) is 6.79. The number of nitrogens with one attached hydrogen (secondary N) is 1. The van der Waals surface area contributed by atoms with Crippen LogP contribution in [0.2, 0.25) is 0 Å². The molecule has 1 aromatic rings. The molecule has 0 heterocycles. The first-order chi connectivity index (χ1) is 9.52. The van der Waals surface area contributed by atoms with E-state index in [0.29, 0.717) is 22.9 Å². The van der Waals surface area contributed by atoms with Crippen molar-refractivity contribution in [3.05, 3.63) is 17.7 Å². The highest BCUT2D eigenvalue weighted by Crippen LogP contribution is 2.27. The van der Waals surface area contributed by atoms with Gasteiger partial charge in [-0.3, -0.25) is 0 Å². The Bertz CT molecular complexity index is 597. The van der Waals surface area contributed by atoms with Crippen LogP contribution in [0.1, 0.15) is 19.4 Å². The number of nitrogen functional groups attached to an aromatic ring is 1. The minimum absolute atomic E-state index is 0.0670. The first-order valence-corrected chi connectivity index (χ1v) is 8.41. The van der Waals surface area contributed by atoms with Gasteiger partial charge in [0, 0.05) is 24.0 Å². The summed E-state index contributed by atoms with van der Waals surface area (Å²) in [5.74, 6) is 0.381. The topological polar surface area (TPSA) is 101 Å². The molecule has 0 amide bonds. The van der Waals surface area contributed by atoms with Crippen molar-refractivity contribution in [3.63, 3.8) is 0 Å². The average molecular weight is 314 g/mol. The van der Waals surface area contributed by atoms with Crippen molar-refractivity contribution in [2.45, 2.75) is 31.7 Å². The van der Waals surface area contributed by atoms with E-state index >= 15 is 0 Å². The number of primary sulfonamides is 1. The van der Waals surface area contributed by atoms with Gasteiger partial charge in [-0.15, -0.1) is 0 Å². The zero-order valence-electron chi connectivity index (χ0n) is 13.3. The lowest BCUT2D eigenvalue weighted by atomic mass is 10.0. The van der Waals surface area contributed by atoms with Crippen LogP contribution in [0.5, 0.6) is 0 Å². The normalized spacial score (nSPS) is 13.7. The summed E-state index contributed by atoms with van der Waals surface area (Å²) >= 11 is 0. The summed E-state index contributed by atoms with van der Waals surface area (Å²) in [5, 5.41) is 8.64. The van der Waals surface area contributed by atoms with E-state index < -0.39 is 10.0 Å². The molecule has 0 fully saturated rings. The molecule has 120 valence electrons. The molecule has 0 aliphatic rings. The second-order valence-electron chi connectivity index (χ2n) is 5.99. The van der Waals surface area contributed by atoms with Gasteiger partial charge in [0.15, 0.2) is 0 Å². The molecular weight excluding hydrogens is 288 g/mol. The number of hydrogen-bond acceptors (Lipinski definition) is 5. The van der Waals surface area contributed by atoms with Crippen molar-refractivity contribution in [1.82, 2.24) is 4.90 Å². The Kier molecular flexibility index (Phi) is 5.61. The monoisotopic (exact) mass is 314 g/mol. The molecule has 1 aromatic carbocycles. The largest absolute Gasteiger partial charge is 0.399 e. The zero-order valence-corrected chi connectivity index (χ0v) is 14.2. The van der Waals surface area contributed by atoms with Crippen LogP contribution in [0.3, 0.4) is 0 Å². The number of hydrogen-bond donors (Lipinski definition) is 3. The Hall–Kier alpha value is -1.31. The number of sulfonamides is 1. The minimum atomic E-state index is -3.79. The molecule has 0 aromatic heterocycles. The summed E-state index contributed by atoms with van der Waals surface area (Å²) in [6.07, 6.45) is 0. The van der Waals surface area contributed by atoms with Gasteiger partial charge in [-0.1, -0.05) is 13.8 Å². The van der Waals surface area contributed by atoms with Crippen LogP contribution in [0.25, 0.3) is 0 Å². The Balaban J connectivity index is 3.21. The van der Waals surface area contributed by atoms with Crippen LogP contribution in [0, 0.1) is 12.8 Å². The van der Waals surface area contributed by atoms with Gasteiger partial charge in [0.05, 0.1) is 4.90 Å². The quantitative estimate of drug-likeness (QED) is 0.685. The van der Waals surface area contributed by atoms with Gasteiger partial charge < -0.3 is 16.0 Å². The summed E-state index contributed by atoms with van der Waals surface area (Å²) in [6, 6.07) is 3.31. The lowest BCUT2D eigenvalue weighted by Crippen LogP contribution is -2.36. The van der Waals surface area contributed by atoms with Crippen LogP contribution >= 0.6 is 0 Å². The molecule has 0 bridgehead atoms. The molecular formula is C14H26N4O2S. The maximum Gasteiger partial charge on any atom is 0.238 e. The van der Waals surface area contributed by atoms with E-state index in [1.807, 2.05) is 14.1 Å². The van der Waals surface area contributed by atoms with Gasteiger partial charge in [0.2, 0.25) is 10.0 Å². The molecule has 21 heavy (non-hydrogen) atoms. The van der Waals surface area contributed by atoms with Crippen LogP contribution in [-0.4, -0.2) is 40.0 Å². The van der Waals surface area contributed by atoms with Crippen molar-refractivity contribution in [2.75, 3.05) is 31.7 Å². The van der Waals surface area contributed by atoms with Gasteiger partial charge >= 0.3 is 0 Å². The van der Waals surface area contributed by atoms with Crippen molar-refractivity contribution < 1.29 is 8.42 Å². The predicted octanol–water partition coefficient (Wildman–Crippen LogP) is 1.22. The zero-order chi connectivity index (χ0) is 16.4. The first-order valence-electron chi connectivity index (χ1n) is 6.86. The fourth-order valence-corrected chi connectivity index (χ4v) is 3.01. The molecule has 0 aliphatic heterocycles. The van der Waals surface area contributed by atoms with E-state index in [-0.39, 0.29) is 10.9 Å². The van der Waals surface area contributed by atoms with E-state index in [0.717, 1.165) is 6.54 Å². The predicted molar refractivity (Wildman–Crippen MR) is 87.8 cm³/mol. The minimum Gasteiger partial charge on any atom is -0.399 e. The molecule has 0 radical (unpaired) electrons. The fraction of sp³-hybridized carbons (Fsp3) is 0.571. The number of nitrogens with zero attached hydrogens (tertiary/aromatic N) is 1. The van der Waals surface area contributed by atoms with Gasteiger partial charge in [-0.05, 0) is 44.6 Å². The number of benzene rings is 1. The van der Waals surface area contributed by atoms with Crippen molar-refractivity contribution in [1.29, 1.82) is 0 Å². The number of anilines is 2. The lowest BCUT2D eigenvalue weighted by molar-refractivity contribution is 0.344. The third-order valence-electron chi connectivity index (χ3n) is 3.40. The third kappa shape index (κ3) is 4.87. The number of rotatable bonds is 6. The molecule has 0 spiro atoms. The van der Waals surface area contributed by atoms with E-state index in [1.165, 1.54) is 6.07 Å². The highest BCUT2D eigenvalue weighted by atomic mass is 32.2. The molecule has 1 atom stereocenters. The van der Waals surface area contributed by atoms with Gasteiger partial charge in [0.25, 0.3) is 0 Å². The molecule has 7 heteroatoms. The van der Waals surface area contributed by atoms with Crippen molar-refractivity contribution in [2.24, 2.45) is 11.1 Å². The first kappa shape index (κ1) is 17.7. The van der Waals surface area contributed by atoms with Crippen LogP contribution in [0.4, 0.5) is 11.4 Å². The summed E-state index contributed by atoms with van der Waals surface area (Å²) in [4.78, 5) is 2.15. The summed E-state index contributed by atoms with van der Waals surface area (Å²) in [5.41, 5.74) is 7.48. The molecule has 0 aliphatic carbocycles. The Morgan fingerprint density at radius 1 is 1.29 bits per heavy atom. The fourth-order valence-electron chi connectivity index (χ4n) is 2.17. The highest BCUT2D eigenvalue weighted by Gasteiger charge is 2.19. The Morgan fingerprint density at radius 2 is 1.86 bits per heavy atom. The highest BCUT2D eigenvalue weighted by molar-refractivity contribution is 7.89. The molecule has 1 rings (SSSR count). The van der Waals surface area contributed by atoms with E-state index in [1.54, 1.807) is 13.0 Å². The lowest BCUT2D eigenvalue weighted by Gasteiger charge is -2.28. The molecule has 6 nitrogen and oxygen atoms in total. The van der Waals surface area contributed by atoms with Gasteiger partial charge in [0.1, 0.15) is 0 Å². The number of likely N-dealkylation sites (N-methyl/N-ethyl adjacent to an activating group) is 1. The third-order valence-corrected chi connectivity index (χ3v) is 4.43. The van der Waals surface area contributed by atoms with Gasteiger partial charge in [-0.2, -0.15) is 0 Å². The molecule has 0 saturated heterocycles. The molecule has 0 saturated carbocycles. The van der Waals surface area contributed by atoms with Crippen LogP contribution in [-0.2, 0) is 10.0 Å². The van der Waals surface area contributed by atoms with Crippen LogP contribution in [0.15, 0.2) is 17.0 Å². The standard InChI is InChI=1S/C14H26N4O2S/c1-9(2)13(8-18(4)5)17-12-6-11(15)7-14(10(12)3)21(16,19)20/h6-7,9,13,17H,8,15H2,1-5H3,(H2,16,19,20). The summed E-state index contributed by atoms with van der Waals surface area (Å²) < 4.78 is 23.3. The maximum absolute atomic E-state index is 11.6. The SMILES string of the molecule is Cc1c(NC(CN(C)C)C(C)C)cc(N)cc1S(N)(=O)=O. The molecule has 5 N–H and O–H groups in total. The number of nitrogens with two attached hydrogens (primary N) is 2. The van der Waals surface area contributed by atoms with E-state index in [9.17, 15) is 8.42 Å². The molecule has 1 unspecified atom stereocenters. The van der Waals surface area contributed by atoms with Crippen molar-refractivity contribution in [3.8, 4) is 0 Å². The average Bonchev–Trinajstić information content (AvgIpc) is 2.30. The second kappa shape index (κ2) is 6.64. The smallest absolute Gasteiger partial charge is 0.238 e. The maximum atomic E-state index is 11.6. The second-order valence-corrected chi connectivity index (χ2v) is 7.52. The van der Waals surface area contributed by atoms with Crippen LogP contribution < -0.4 is 16.2 Å². The Morgan fingerprint density at radius 3 is 2.29 bits per heavy atom.